The first-order valence-corrected chi connectivity index (χ1v) is 22.5. The number of thiophene rings is 1. The van der Waals surface area contributed by atoms with Gasteiger partial charge in [0, 0.05) is 52.8 Å². The Morgan fingerprint density at radius 2 is 1.00 bits per heavy atom. The Hall–Kier alpha value is -8.19. The molecule has 13 aromatic rings. The Balaban J connectivity index is 1.03. The number of fused-ring (bicyclic) bond motifs is 19. The maximum Gasteiger partial charge on any atom is 0.238 e. The summed E-state index contributed by atoms with van der Waals surface area (Å²) in [6.07, 6.45) is 0. The first kappa shape index (κ1) is 34.4. The molecule has 0 saturated carbocycles. The summed E-state index contributed by atoms with van der Waals surface area (Å²) in [5, 5.41) is 6.87. The van der Waals surface area contributed by atoms with Gasteiger partial charge in [-0.15, -0.1) is 11.3 Å². The lowest BCUT2D eigenvalue weighted by atomic mass is 9.70. The minimum Gasteiger partial charge on any atom is -0.456 e. The van der Waals surface area contributed by atoms with Gasteiger partial charge in [-0.1, -0.05) is 146 Å². The number of hydrogen-bond donors (Lipinski definition) is 0. The summed E-state index contributed by atoms with van der Waals surface area (Å²) in [5.74, 6) is 1.76. The molecule has 0 radical (unpaired) electrons. The summed E-state index contributed by atoms with van der Waals surface area (Å²) in [5.41, 5.74) is 15.4. The van der Waals surface area contributed by atoms with Gasteiger partial charge in [0.25, 0.3) is 0 Å². The van der Waals surface area contributed by atoms with Crippen molar-refractivity contribution in [2.24, 2.45) is 0 Å². The van der Waals surface area contributed by atoms with E-state index in [2.05, 4.69) is 187 Å². The Bertz CT molecular complexity index is 4130. The number of nitrogens with zero attached hydrogens (tertiary/aromatic N) is 4. The van der Waals surface area contributed by atoms with E-state index in [1.807, 2.05) is 12.1 Å². The van der Waals surface area contributed by atoms with Crippen molar-refractivity contribution >= 4 is 75.3 Å². The van der Waals surface area contributed by atoms with Crippen LogP contribution in [0.5, 0.6) is 0 Å². The molecule has 1 spiro atoms. The lowest BCUT2D eigenvalue weighted by Gasteiger charge is -2.30. The zero-order chi connectivity index (χ0) is 41.7. The lowest BCUT2D eigenvalue weighted by Crippen LogP contribution is -2.25. The highest BCUT2D eigenvalue weighted by atomic mass is 32.1. The third kappa shape index (κ3) is 4.39. The molecule has 0 aliphatic heterocycles. The predicted octanol–water partition coefficient (Wildman–Crippen LogP) is 14.9. The van der Waals surface area contributed by atoms with Crippen LogP contribution in [0, 0.1) is 0 Å². The number of para-hydroxylation sites is 2. The van der Waals surface area contributed by atoms with E-state index >= 15 is 0 Å². The minimum atomic E-state index is -0.456. The Morgan fingerprint density at radius 1 is 0.391 bits per heavy atom. The molecular formula is C58H32N4OS. The van der Waals surface area contributed by atoms with Gasteiger partial charge in [0.15, 0.2) is 11.6 Å². The molecule has 9 aromatic carbocycles. The SMILES string of the molecule is c1ccc2c(c1)-c1ccccc1C21c2ccccc2-c2cc3c(cc21)c1ccccc1n3-c1nc(-c2ccc3c(c2)oc2ccccc23)nc(-c2cccc3c2sc2ccccc23)n1. The molecule has 0 atom stereocenters. The summed E-state index contributed by atoms with van der Waals surface area (Å²) < 4.78 is 11.1. The number of benzene rings is 9. The van der Waals surface area contributed by atoms with Gasteiger partial charge in [-0.3, -0.25) is 4.57 Å². The Morgan fingerprint density at radius 3 is 1.80 bits per heavy atom. The summed E-state index contributed by atoms with van der Waals surface area (Å²) in [4.78, 5) is 16.2. The second kappa shape index (κ2) is 12.5. The van der Waals surface area contributed by atoms with Crippen LogP contribution in [0.2, 0.25) is 0 Å². The van der Waals surface area contributed by atoms with Crippen molar-refractivity contribution in [3.05, 3.63) is 216 Å². The number of hydrogen-bond acceptors (Lipinski definition) is 5. The summed E-state index contributed by atoms with van der Waals surface area (Å²) >= 11 is 1.78. The molecule has 0 fully saturated rings. The van der Waals surface area contributed by atoms with Gasteiger partial charge in [-0.05, 0) is 93.0 Å². The van der Waals surface area contributed by atoms with Crippen molar-refractivity contribution in [3.8, 4) is 51.0 Å². The predicted molar refractivity (Wildman–Crippen MR) is 262 cm³/mol. The number of furan rings is 1. The van der Waals surface area contributed by atoms with E-state index in [1.54, 1.807) is 11.3 Å². The van der Waals surface area contributed by atoms with Crippen LogP contribution in [0.4, 0.5) is 0 Å². The van der Waals surface area contributed by atoms with Crippen molar-refractivity contribution < 1.29 is 4.42 Å². The van der Waals surface area contributed by atoms with Gasteiger partial charge in [-0.2, -0.15) is 9.97 Å². The van der Waals surface area contributed by atoms with Gasteiger partial charge in [0.05, 0.1) is 16.4 Å². The Kier molecular flexibility index (Phi) is 6.70. The van der Waals surface area contributed by atoms with E-state index in [-0.39, 0.29) is 0 Å². The molecule has 0 unspecified atom stereocenters. The maximum atomic E-state index is 6.42. The molecule has 15 rings (SSSR count). The third-order valence-electron chi connectivity index (χ3n) is 13.9. The first-order valence-electron chi connectivity index (χ1n) is 21.7. The zero-order valence-electron chi connectivity index (χ0n) is 34.1. The third-order valence-corrected chi connectivity index (χ3v) is 15.1. The summed E-state index contributed by atoms with van der Waals surface area (Å²) in [6.45, 7) is 0. The second-order valence-electron chi connectivity index (χ2n) is 17.0. The van der Waals surface area contributed by atoms with Crippen LogP contribution in [-0.2, 0) is 5.41 Å². The van der Waals surface area contributed by atoms with E-state index in [0.717, 1.165) is 59.6 Å². The lowest BCUT2D eigenvalue weighted by molar-refractivity contribution is 0.669. The van der Waals surface area contributed by atoms with Crippen molar-refractivity contribution in [3.63, 3.8) is 0 Å². The van der Waals surface area contributed by atoms with Crippen molar-refractivity contribution in [1.82, 2.24) is 19.5 Å². The molecule has 64 heavy (non-hydrogen) atoms. The van der Waals surface area contributed by atoms with Crippen LogP contribution in [-0.4, -0.2) is 19.5 Å². The van der Waals surface area contributed by atoms with Crippen LogP contribution >= 0.6 is 11.3 Å². The minimum absolute atomic E-state index is 0.456. The van der Waals surface area contributed by atoms with Crippen LogP contribution in [0.1, 0.15) is 22.3 Å². The molecule has 0 amide bonds. The largest absolute Gasteiger partial charge is 0.456 e. The summed E-state index contributed by atoms with van der Waals surface area (Å²) in [7, 11) is 0. The second-order valence-corrected chi connectivity index (χ2v) is 18.1. The van der Waals surface area contributed by atoms with Crippen LogP contribution in [0.25, 0.3) is 115 Å². The van der Waals surface area contributed by atoms with E-state index < -0.39 is 5.41 Å². The maximum absolute atomic E-state index is 6.42. The van der Waals surface area contributed by atoms with E-state index in [0.29, 0.717) is 17.6 Å². The van der Waals surface area contributed by atoms with E-state index in [1.165, 1.54) is 60.0 Å². The van der Waals surface area contributed by atoms with Crippen LogP contribution < -0.4 is 0 Å². The normalized spacial score (nSPS) is 13.4. The molecule has 4 heterocycles. The zero-order valence-corrected chi connectivity index (χ0v) is 34.9. The standard InChI is InChI=1S/C58H32N4OS/c1-7-22-45-34(14-1)35-15-2-8-23-46(35)58(45)47-24-9-3-16-36(47)43-32-50-44(31-48(43)58)37-17-4-10-25-49(37)62(50)57-60-55(33-28-29-39-38-18-5-11-26-51(38)63-52(39)30-33)59-56(61-57)42-21-13-20-41-40-19-6-12-27-53(40)64-54(41)42/h1-32H. The first-order chi connectivity index (χ1) is 31.7. The van der Waals surface area contributed by atoms with E-state index in [4.69, 9.17) is 19.4 Å². The molecule has 6 heteroatoms. The molecule has 0 bridgehead atoms. The van der Waals surface area contributed by atoms with Crippen molar-refractivity contribution in [2.75, 3.05) is 0 Å². The van der Waals surface area contributed by atoms with Crippen molar-refractivity contribution in [2.45, 2.75) is 5.41 Å². The quantitative estimate of drug-likeness (QED) is 0.178. The van der Waals surface area contributed by atoms with Gasteiger partial charge in [0.2, 0.25) is 5.95 Å². The molecule has 0 N–H and O–H groups in total. The monoisotopic (exact) mass is 832 g/mol. The van der Waals surface area contributed by atoms with Crippen LogP contribution in [0.3, 0.4) is 0 Å². The Labute approximate surface area is 370 Å². The van der Waals surface area contributed by atoms with Gasteiger partial charge in [-0.25, -0.2) is 4.98 Å². The number of rotatable bonds is 3. The molecule has 2 aliphatic rings. The van der Waals surface area contributed by atoms with Crippen molar-refractivity contribution in [1.29, 1.82) is 0 Å². The van der Waals surface area contributed by atoms with Crippen LogP contribution in [0.15, 0.2) is 199 Å². The molecule has 5 nitrogen and oxygen atoms in total. The molecule has 2 aliphatic carbocycles. The average Bonchev–Trinajstić information content (AvgIpc) is 4.15. The topological polar surface area (TPSA) is 56.7 Å². The molecular weight excluding hydrogens is 801 g/mol. The fourth-order valence-corrected chi connectivity index (χ4v) is 12.5. The highest BCUT2D eigenvalue weighted by Crippen LogP contribution is 2.63. The number of aromatic nitrogens is 4. The molecule has 296 valence electrons. The highest BCUT2D eigenvalue weighted by molar-refractivity contribution is 7.26. The molecule has 4 aromatic heterocycles. The average molecular weight is 833 g/mol. The highest BCUT2D eigenvalue weighted by Gasteiger charge is 2.51. The van der Waals surface area contributed by atoms with Gasteiger partial charge >= 0.3 is 0 Å². The fraction of sp³-hybridized carbons (Fsp3) is 0.0172. The van der Waals surface area contributed by atoms with Gasteiger partial charge < -0.3 is 4.42 Å². The van der Waals surface area contributed by atoms with Gasteiger partial charge in [0.1, 0.15) is 11.2 Å². The van der Waals surface area contributed by atoms with E-state index in [9.17, 15) is 0 Å². The summed E-state index contributed by atoms with van der Waals surface area (Å²) in [6, 6.07) is 70.1. The smallest absolute Gasteiger partial charge is 0.238 e. The fourth-order valence-electron chi connectivity index (χ4n) is 11.3. The molecule has 0 saturated heterocycles.